The smallest absolute Gasteiger partial charge is 0.251 e. The van der Waals surface area contributed by atoms with Gasteiger partial charge in [0.25, 0.3) is 5.91 Å². The van der Waals surface area contributed by atoms with E-state index in [1.165, 1.54) is 12.1 Å². The van der Waals surface area contributed by atoms with Gasteiger partial charge in [0.2, 0.25) is 10.0 Å². The molecule has 0 radical (unpaired) electrons. The van der Waals surface area contributed by atoms with E-state index >= 15 is 0 Å². The number of amides is 1. The van der Waals surface area contributed by atoms with Crippen LogP contribution in [-0.4, -0.2) is 20.6 Å². The molecule has 2 rings (SSSR count). The van der Waals surface area contributed by atoms with Crippen molar-refractivity contribution in [3.05, 3.63) is 65.0 Å². The Morgan fingerprint density at radius 3 is 2.29 bits per heavy atom. The Morgan fingerprint density at radius 1 is 1.12 bits per heavy atom. The van der Waals surface area contributed by atoms with Gasteiger partial charge in [0.1, 0.15) is 5.82 Å². The Bertz CT molecular complexity index is 849. The van der Waals surface area contributed by atoms with Gasteiger partial charge in [-0.15, -0.1) is 0 Å². The lowest BCUT2D eigenvalue weighted by Crippen LogP contribution is -2.26. The van der Waals surface area contributed by atoms with Crippen molar-refractivity contribution in [1.29, 1.82) is 0 Å². The second-order valence-electron chi connectivity index (χ2n) is 5.65. The Hall–Kier alpha value is -2.41. The average molecular weight is 350 g/mol. The van der Waals surface area contributed by atoms with Crippen molar-refractivity contribution in [3.63, 3.8) is 0 Å². The van der Waals surface area contributed by atoms with E-state index in [1.54, 1.807) is 44.2 Å². The average Bonchev–Trinajstić information content (AvgIpc) is 2.48. The van der Waals surface area contributed by atoms with Gasteiger partial charge in [-0.2, -0.15) is 0 Å². The maximum Gasteiger partial charge on any atom is 0.251 e. The fourth-order valence-corrected chi connectivity index (χ4v) is 2.86. The van der Waals surface area contributed by atoms with E-state index in [9.17, 15) is 17.6 Å². The number of carbonyl (C=O) groups is 1. The molecule has 0 aliphatic carbocycles. The predicted octanol–water partition coefficient (Wildman–Crippen LogP) is 3.00. The first kappa shape index (κ1) is 17.9. The van der Waals surface area contributed by atoms with E-state index in [0.29, 0.717) is 16.8 Å². The molecule has 0 saturated carbocycles. The van der Waals surface area contributed by atoms with Gasteiger partial charge in [0.15, 0.2) is 0 Å². The van der Waals surface area contributed by atoms with Crippen LogP contribution in [-0.2, 0) is 10.0 Å². The number of rotatable bonds is 5. The molecule has 0 fully saturated rings. The lowest BCUT2D eigenvalue weighted by molar-refractivity contribution is 0.0940. The molecule has 7 heteroatoms. The highest BCUT2D eigenvalue weighted by molar-refractivity contribution is 7.92. The number of aryl methyl sites for hydroxylation is 1. The lowest BCUT2D eigenvalue weighted by Gasteiger charge is -2.15. The summed E-state index contributed by atoms with van der Waals surface area (Å²) in [5, 5.41) is 2.83. The highest BCUT2D eigenvalue weighted by Crippen LogP contribution is 2.19. The first-order valence-corrected chi connectivity index (χ1v) is 9.19. The molecule has 0 saturated heterocycles. The van der Waals surface area contributed by atoms with Crippen LogP contribution in [0.25, 0.3) is 0 Å². The molecule has 2 N–H and O–H groups in total. The SMILES string of the molecule is Cc1cc(C(=O)N[C@@H](C)c2ccc(F)cc2)ccc1NS(C)(=O)=O. The van der Waals surface area contributed by atoms with Gasteiger partial charge in [0, 0.05) is 5.56 Å². The van der Waals surface area contributed by atoms with Crippen molar-refractivity contribution in [3.8, 4) is 0 Å². The third-order valence-electron chi connectivity index (χ3n) is 3.50. The van der Waals surface area contributed by atoms with Crippen molar-refractivity contribution in [1.82, 2.24) is 5.32 Å². The molecule has 1 amide bonds. The Labute approximate surface area is 141 Å². The Morgan fingerprint density at radius 2 is 1.75 bits per heavy atom. The number of hydrogen-bond donors (Lipinski definition) is 2. The van der Waals surface area contributed by atoms with Crippen LogP contribution in [0.3, 0.4) is 0 Å². The molecular formula is C17H19FN2O3S. The zero-order valence-corrected chi connectivity index (χ0v) is 14.4. The quantitative estimate of drug-likeness (QED) is 0.870. The van der Waals surface area contributed by atoms with Gasteiger partial charge in [0.05, 0.1) is 18.0 Å². The van der Waals surface area contributed by atoms with Crippen molar-refractivity contribution in [2.24, 2.45) is 0 Å². The van der Waals surface area contributed by atoms with Crippen LogP contribution in [0.5, 0.6) is 0 Å². The third-order valence-corrected chi connectivity index (χ3v) is 4.09. The highest BCUT2D eigenvalue weighted by Gasteiger charge is 2.13. The van der Waals surface area contributed by atoms with Crippen molar-refractivity contribution in [2.75, 3.05) is 11.0 Å². The second kappa shape index (κ2) is 7.00. The molecule has 2 aromatic rings. The topological polar surface area (TPSA) is 75.3 Å². The predicted molar refractivity (Wildman–Crippen MR) is 91.9 cm³/mol. The van der Waals surface area contributed by atoms with Gasteiger partial charge in [-0.3, -0.25) is 9.52 Å². The lowest BCUT2D eigenvalue weighted by atomic mass is 10.1. The van der Waals surface area contributed by atoms with E-state index in [2.05, 4.69) is 10.0 Å². The molecule has 0 unspecified atom stereocenters. The van der Waals surface area contributed by atoms with Gasteiger partial charge >= 0.3 is 0 Å². The number of anilines is 1. The van der Waals surface area contributed by atoms with Crippen molar-refractivity contribution < 1.29 is 17.6 Å². The molecular weight excluding hydrogens is 331 g/mol. The standard InChI is InChI=1S/C17H19FN2O3S/c1-11-10-14(6-9-16(11)20-24(3,22)23)17(21)19-12(2)13-4-7-15(18)8-5-13/h4-10,12,20H,1-3H3,(H,19,21)/t12-/m0/s1. The molecule has 0 bridgehead atoms. The summed E-state index contributed by atoms with van der Waals surface area (Å²) < 4.78 is 37.9. The molecule has 5 nitrogen and oxygen atoms in total. The zero-order valence-electron chi connectivity index (χ0n) is 13.6. The number of nitrogens with one attached hydrogen (secondary N) is 2. The van der Waals surface area contributed by atoms with E-state index in [1.807, 2.05) is 0 Å². The summed E-state index contributed by atoms with van der Waals surface area (Å²) in [4.78, 5) is 12.3. The van der Waals surface area contributed by atoms with Gasteiger partial charge in [-0.25, -0.2) is 12.8 Å². The number of carbonyl (C=O) groups excluding carboxylic acids is 1. The zero-order chi connectivity index (χ0) is 17.9. The van der Waals surface area contributed by atoms with E-state index in [0.717, 1.165) is 11.8 Å². The first-order chi connectivity index (χ1) is 11.2. The molecule has 0 heterocycles. The molecule has 2 aromatic carbocycles. The fraction of sp³-hybridized carbons (Fsp3) is 0.235. The number of sulfonamides is 1. The minimum atomic E-state index is -3.37. The molecule has 0 aliphatic rings. The second-order valence-corrected chi connectivity index (χ2v) is 7.40. The third kappa shape index (κ3) is 4.79. The molecule has 0 spiro atoms. The largest absolute Gasteiger partial charge is 0.346 e. The van der Waals surface area contributed by atoms with Crippen molar-refractivity contribution in [2.45, 2.75) is 19.9 Å². The molecule has 1 atom stereocenters. The maximum atomic E-state index is 12.9. The molecule has 0 aromatic heterocycles. The van der Waals surface area contributed by atoms with Crippen LogP contribution in [0.1, 0.15) is 34.5 Å². The summed E-state index contributed by atoms with van der Waals surface area (Å²) in [6.45, 7) is 3.52. The highest BCUT2D eigenvalue weighted by atomic mass is 32.2. The summed E-state index contributed by atoms with van der Waals surface area (Å²) in [6, 6.07) is 10.3. The van der Waals surface area contributed by atoms with Gasteiger partial charge in [-0.05, 0) is 55.3 Å². The normalized spacial score (nSPS) is 12.5. The van der Waals surface area contributed by atoms with E-state index in [-0.39, 0.29) is 17.8 Å². The summed E-state index contributed by atoms with van der Waals surface area (Å²) in [5.41, 5.74) is 2.28. The van der Waals surface area contributed by atoms with Crippen LogP contribution in [0.15, 0.2) is 42.5 Å². The summed E-state index contributed by atoms with van der Waals surface area (Å²) >= 11 is 0. The maximum absolute atomic E-state index is 12.9. The van der Waals surface area contributed by atoms with E-state index in [4.69, 9.17) is 0 Å². The Balaban J connectivity index is 2.12. The number of halogens is 1. The van der Waals surface area contributed by atoms with Gasteiger partial charge < -0.3 is 5.32 Å². The summed E-state index contributed by atoms with van der Waals surface area (Å²) in [7, 11) is -3.37. The van der Waals surface area contributed by atoms with Crippen LogP contribution in [0.4, 0.5) is 10.1 Å². The fourth-order valence-electron chi connectivity index (χ4n) is 2.23. The van der Waals surface area contributed by atoms with E-state index < -0.39 is 10.0 Å². The van der Waals surface area contributed by atoms with Crippen LogP contribution < -0.4 is 10.0 Å². The molecule has 128 valence electrons. The molecule has 0 aliphatic heterocycles. The summed E-state index contributed by atoms with van der Waals surface area (Å²) in [6.07, 6.45) is 1.07. The van der Waals surface area contributed by atoms with Crippen LogP contribution in [0, 0.1) is 12.7 Å². The Kier molecular flexibility index (Phi) is 5.23. The van der Waals surface area contributed by atoms with Crippen molar-refractivity contribution >= 4 is 21.6 Å². The minimum Gasteiger partial charge on any atom is -0.346 e. The monoisotopic (exact) mass is 350 g/mol. The number of hydrogen-bond acceptors (Lipinski definition) is 3. The molecule has 24 heavy (non-hydrogen) atoms. The minimum absolute atomic E-state index is 0.285. The first-order valence-electron chi connectivity index (χ1n) is 7.30. The van der Waals surface area contributed by atoms with Crippen LogP contribution in [0.2, 0.25) is 0 Å². The van der Waals surface area contributed by atoms with Gasteiger partial charge in [-0.1, -0.05) is 12.1 Å². The van der Waals surface area contributed by atoms with Crippen LogP contribution >= 0.6 is 0 Å². The number of benzene rings is 2. The summed E-state index contributed by atoms with van der Waals surface area (Å²) in [5.74, 6) is -0.623.